The molecule has 3 rings (SSSR count). The number of benzene rings is 2. The molecule has 1 aliphatic rings. The van der Waals surface area contributed by atoms with E-state index in [0.29, 0.717) is 17.2 Å². The lowest BCUT2D eigenvalue weighted by Gasteiger charge is -2.24. The smallest absolute Gasteiger partial charge is 0.303 e. The number of hydrazone groups is 1. The molecule has 0 saturated carbocycles. The molecule has 1 aliphatic heterocycles. The predicted octanol–water partition coefficient (Wildman–Crippen LogP) is 2.21. The number of fused-ring (bicyclic) bond motifs is 1. The van der Waals surface area contributed by atoms with Gasteiger partial charge in [0.2, 0.25) is 6.10 Å². The molecular formula is C19H18N2O5. The molecule has 1 heterocycles. The lowest BCUT2D eigenvalue weighted by Crippen LogP contribution is -2.42. The molecule has 0 saturated heterocycles. The second kappa shape index (κ2) is 8.15. The van der Waals surface area contributed by atoms with Gasteiger partial charge in [-0.15, -0.1) is 0 Å². The maximum atomic E-state index is 12.3. The zero-order chi connectivity index (χ0) is 18.4. The molecule has 2 aromatic rings. The van der Waals surface area contributed by atoms with Crippen LogP contribution in [0.4, 0.5) is 0 Å². The maximum absolute atomic E-state index is 12.3. The van der Waals surface area contributed by atoms with Crippen LogP contribution < -0.4 is 14.9 Å². The highest BCUT2D eigenvalue weighted by Gasteiger charge is 2.27. The number of ether oxygens (including phenoxy) is 2. The van der Waals surface area contributed by atoms with Gasteiger partial charge in [-0.05, 0) is 17.7 Å². The van der Waals surface area contributed by atoms with Gasteiger partial charge in [-0.3, -0.25) is 9.59 Å². The number of hydrogen-bond donors (Lipinski definition) is 2. The van der Waals surface area contributed by atoms with Gasteiger partial charge in [0.25, 0.3) is 5.91 Å². The van der Waals surface area contributed by atoms with Crippen molar-refractivity contribution in [2.75, 3.05) is 6.61 Å². The zero-order valence-corrected chi connectivity index (χ0v) is 13.9. The third-order valence-corrected chi connectivity index (χ3v) is 3.78. The Hall–Kier alpha value is -3.35. The van der Waals surface area contributed by atoms with Crippen molar-refractivity contribution >= 4 is 17.6 Å². The second-order valence-corrected chi connectivity index (χ2v) is 5.66. The molecule has 1 unspecified atom stereocenters. The number of nitrogens with one attached hydrogen (secondary N) is 1. The Balaban J connectivity index is 1.69. The summed E-state index contributed by atoms with van der Waals surface area (Å²) in [6, 6.07) is 16.2. The Labute approximate surface area is 150 Å². The van der Waals surface area contributed by atoms with Gasteiger partial charge in [0.15, 0.2) is 11.5 Å². The Morgan fingerprint density at radius 3 is 2.46 bits per heavy atom. The highest BCUT2D eigenvalue weighted by molar-refractivity contribution is 6.02. The van der Waals surface area contributed by atoms with E-state index in [2.05, 4.69) is 10.5 Å². The van der Waals surface area contributed by atoms with Crippen molar-refractivity contribution < 1.29 is 24.2 Å². The van der Waals surface area contributed by atoms with Gasteiger partial charge < -0.3 is 14.6 Å². The van der Waals surface area contributed by atoms with E-state index in [1.165, 1.54) is 0 Å². The van der Waals surface area contributed by atoms with Crippen molar-refractivity contribution in [1.82, 2.24) is 5.43 Å². The Bertz CT molecular complexity index is 820. The van der Waals surface area contributed by atoms with Gasteiger partial charge in [0.05, 0.1) is 12.1 Å². The number of hydrogen-bond acceptors (Lipinski definition) is 5. The molecule has 2 N–H and O–H groups in total. The molecular weight excluding hydrogens is 336 g/mol. The molecule has 0 spiro atoms. The van der Waals surface area contributed by atoms with Crippen molar-refractivity contribution in [3.8, 4) is 11.5 Å². The number of carbonyl (C=O) groups is 2. The topological polar surface area (TPSA) is 97.2 Å². The molecule has 7 nitrogen and oxygen atoms in total. The van der Waals surface area contributed by atoms with Crippen LogP contribution in [0.5, 0.6) is 11.5 Å². The van der Waals surface area contributed by atoms with Crippen LogP contribution in [-0.4, -0.2) is 35.4 Å². The normalized spacial score (nSPS) is 16.0. The van der Waals surface area contributed by atoms with Crippen LogP contribution in [0.2, 0.25) is 0 Å². The van der Waals surface area contributed by atoms with E-state index in [1.807, 2.05) is 36.4 Å². The summed E-state index contributed by atoms with van der Waals surface area (Å²) in [6.07, 6.45) is -0.713. The Morgan fingerprint density at radius 1 is 1.04 bits per heavy atom. The van der Waals surface area contributed by atoms with Crippen LogP contribution in [0.15, 0.2) is 59.7 Å². The lowest BCUT2D eigenvalue weighted by molar-refractivity contribution is -0.136. The third kappa shape index (κ3) is 4.38. The monoisotopic (exact) mass is 354 g/mol. The summed E-state index contributed by atoms with van der Waals surface area (Å²) >= 11 is 0. The maximum Gasteiger partial charge on any atom is 0.303 e. The van der Waals surface area contributed by atoms with Crippen LogP contribution in [0.1, 0.15) is 18.4 Å². The lowest BCUT2D eigenvalue weighted by atomic mass is 10.1. The average Bonchev–Trinajstić information content (AvgIpc) is 2.68. The van der Waals surface area contributed by atoms with E-state index < -0.39 is 18.0 Å². The molecule has 1 amide bonds. The van der Waals surface area contributed by atoms with Crippen molar-refractivity contribution in [3.63, 3.8) is 0 Å². The van der Waals surface area contributed by atoms with Crippen LogP contribution in [-0.2, 0) is 9.59 Å². The van der Waals surface area contributed by atoms with Gasteiger partial charge >= 0.3 is 5.97 Å². The number of nitrogens with zero attached hydrogens (tertiary/aromatic N) is 1. The van der Waals surface area contributed by atoms with E-state index in [0.717, 1.165) is 5.56 Å². The summed E-state index contributed by atoms with van der Waals surface area (Å²) in [4.78, 5) is 23.2. The molecule has 0 bridgehead atoms. The van der Waals surface area contributed by atoms with E-state index in [4.69, 9.17) is 14.6 Å². The molecule has 1 atom stereocenters. The van der Waals surface area contributed by atoms with Crippen LogP contribution in [0.25, 0.3) is 0 Å². The molecule has 0 aliphatic carbocycles. The van der Waals surface area contributed by atoms with Gasteiger partial charge in [0, 0.05) is 6.42 Å². The van der Waals surface area contributed by atoms with Gasteiger partial charge in [-0.2, -0.15) is 5.10 Å². The summed E-state index contributed by atoms with van der Waals surface area (Å²) in [6.45, 7) is 0.0775. The SMILES string of the molecule is O=C(O)CC/C(=N\NC(=O)C1COc2ccccc2O1)c1ccccc1. The third-order valence-electron chi connectivity index (χ3n) is 3.78. The minimum Gasteiger partial charge on any atom is -0.485 e. The summed E-state index contributed by atoms with van der Waals surface area (Å²) in [5, 5.41) is 13.0. The number of amides is 1. The fraction of sp³-hybridized carbons (Fsp3) is 0.211. The van der Waals surface area contributed by atoms with Crippen LogP contribution in [0, 0.1) is 0 Å². The first kappa shape index (κ1) is 17.5. The first-order valence-corrected chi connectivity index (χ1v) is 8.15. The van der Waals surface area contributed by atoms with Gasteiger partial charge in [-0.25, -0.2) is 5.43 Å². The highest BCUT2D eigenvalue weighted by Crippen LogP contribution is 2.30. The minimum absolute atomic E-state index is 0.0775. The minimum atomic E-state index is -0.930. The van der Waals surface area contributed by atoms with Crippen molar-refractivity contribution in [3.05, 3.63) is 60.2 Å². The average molecular weight is 354 g/mol. The number of carbonyl (C=O) groups excluding carboxylic acids is 1. The largest absolute Gasteiger partial charge is 0.485 e. The molecule has 26 heavy (non-hydrogen) atoms. The molecule has 2 aromatic carbocycles. The van der Waals surface area contributed by atoms with E-state index in [9.17, 15) is 9.59 Å². The number of carboxylic acids is 1. The molecule has 0 radical (unpaired) electrons. The summed E-state index contributed by atoms with van der Waals surface area (Å²) in [5.74, 6) is -0.299. The van der Waals surface area contributed by atoms with Crippen LogP contribution in [0.3, 0.4) is 0 Å². The quantitative estimate of drug-likeness (QED) is 0.612. The Kier molecular flexibility index (Phi) is 5.48. The molecule has 0 fully saturated rings. The highest BCUT2D eigenvalue weighted by atomic mass is 16.6. The summed E-state index contributed by atoms with van der Waals surface area (Å²) in [5.41, 5.74) is 3.69. The number of para-hydroxylation sites is 2. The Morgan fingerprint density at radius 2 is 1.73 bits per heavy atom. The van der Waals surface area contributed by atoms with Crippen LogP contribution >= 0.6 is 0 Å². The first-order valence-electron chi connectivity index (χ1n) is 8.15. The summed E-state index contributed by atoms with van der Waals surface area (Å²) in [7, 11) is 0. The van der Waals surface area contributed by atoms with Crippen molar-refractivity contribution in [2.45, 2.75) is 18.9 Å². The van der Waals surface area contributed by atoms with E-state index in [1.54, 1.807) is 18.2 Å². The number of aliphatic carboxylic acids is 1. The fourth-order valence-corrected chi connectivity index (χ4v) is 2.46. The van der Waals surface area contributed by atoms with E-state index >= 15 is 0 Å². The standard InChI is InChI=1S/C19H18N2O5/c22-18(23)11-10-14(13-6-2-1-3-7-13)20-21-19(24)17-12-25-15-8-4-5-9-16(15)26-17/h1-9,17H,10-12H2,(H,21,24)(H,22,23)/b20-14+. The molecule has 134 valence electrons. The zero-order valence-electron chi connectivity index (χ0n) is 13.9. The van der Waals surface area contributed by atoms with Gasteiger partial charge in [-0.1, -0.05) is 42.5 Å². The summed E-state index contributed by atoms with van der Waals surface area (Å²) < 4.78 is 11.1. The van der Waals surface area contributed by atoms with Crippen molar-refractivity contribution in [2.24, 2.45) is 5.10 Å². The predicted molar refractivity (Wildman–Crippen MR) is 94.3 cm³/mol. The van der Waals surface area contributed by atoms with Gasteiger partial charge in [0.1, 0.15) is 6.61 Å². The van der Waals surface area contributed by atoms with Crippen molar-refractivity contribution in [1.29, 1.82) is 0 Å². The fourth-order valence-electron chi connectivity index (χ4n) is 2.46. The second-order valence-electron chi connectivity index (χ2n) is 5.66. The number of rotatable bonds is 6. The number of carboxylic acid groups (broad SMARTS) is 1. The van der Waals surface area contributed by atoms with E-state index in [-0.39, 0.29) is 19.4 Å². The molecule has 0 aromatic heterocycles. The molecule has 7 heteroatoms. The first-order chi connectivity index (χ1) is 12.6.